The molecule has 0 saturated carbocycles. The van der Waals surface area contributed by atoms with E-state index >= 15 is 0 Å². The van der Waals surface area contributed by atoms with Crippen molar-refractivity contribution in [1.82, 2.24) is 4.57 Å². The van der Waals surface area contributed by atoms with Gasteiger partial charge in [-0.05, 0) is 41.3 Å². The van der Waals surface area contributed by atoms with Crippen molar-refractivity contribution in [3.05, 3.63) is 60.7 Å². The molecule has 0 spiro atoms. The minimum absolute atomic E-state index is 0. The predicted octanol–water partition coefficient (Wildman–Crippen LogP) is -3.19. The van der Waals surface area contributed by atoms with Gasteiger partial charge in [-0.2, -0.15) is 0 Å². The Morgan fingerprint density at radius 2 is 1.40 bits per heavy atom. The second kappa shape index (κ2) is 9.03. The third-order valence-electron chi connectivity index (χ3n) is 4.68. The Kier molecular flexibility index (Phi) is 7.69. The second-order valence-corrected chi connectivity index (χ2v) is 9.14. The maximum atomic E-state index is 11.7. The molecule has 4 rings (SSSR count). The Bertz CT molecular complexity index is 1460. The summed E-state index contributed by atoms with van der Waals surface area (Å²) in [5, 5.41) is 0.961. The smallest absolute Gasteiger partial charge is 0.744 e. The summed E-state index contributed by atoms with van der Waals surface area (Å²) in [5.41, 5.74) is 2.45. The molecule has 1 aromatic heterocycles. The maximum absolute atomic E-state index is 11.7. The van der Waals surface area contributed by atoms with Gasteiger partial charge in [-0.25, -0.2) is 16.8 Å². The maximum Gasteiger partial charge on any atom is 1.00 e. The molecule has 4 aromatic rings. The zero-order valence-electron chi connectivity index (χ0n) is 16.5. The van der Waals surface area contributed by atoms with E-state index in [0.29, 0.717) is 17.0 Å². The van der Waals surface area contributed by atoms with Crippen LogP contribution < -0.4 is 59.1 Å². The molecule has 144 valence electrons. The van der Waals surface area contributed by atoms with E-state index in [1.165, 1.54) is 6.07 Å². The molecule has 0 bridgehead atoms. The standard InChI is InChI=1S/C19H15NO6S2.2Na/c1-20-17(12-5-3-2-4-6-12)9-14-7-13-8-15(27(21,22)23)10-19(28(24,25)26)16(13)11-18(14)20;;/h2-11H,1H3,(H,21,22,23)(H,24,25,26);;/q;2*+1/p-2. The zero-order chi connectivity index (χ0) is 20.3. The van der Waals surface area contributed by atoms with Gasteiger partial charge in [0.1, 0.15) is 20.2 Å². The fourth-order valence-electron chi connectivity index (χ4n) is 3.37. The van der Waals surface area contributed by atoms with Gasteiger partial charge >= 0.3 is 59.1 Å². The van der Waals surface area contributed by atoms with E-state index in [1.807, 2.05) is 41.0 Å². The molecule has 0 aliphatic rings. The quantitative estimate of drug-likeness (QED) is 0.234. The Morgan fingerprint density at radius 1 is 0.767 bits per heavy atom. The Labute approximate surface area is 218 Å². The van der Waals surface area contributed by atoms with Crippen LogP contribution in [0.2, 0.25) is 0 Å². The summed E-state index contributed by atoms with van der Waals surface area (Å²) in [5.74, 6) is 0. The molecule has 1 heterocycles. The fourth-order valence-corrected chi connectivity index (χ4v) is 4.70. The zero-order valence-corrected chi connectivity index (χ0v) is 22.1. The topological polar surface area (TPSA) is 119 Å². The van der Waals surface area contributed by atoms with Crippen LogP contribution in [0.3, 0.4) is 0 Å². The van der Waals surface area contributed by atoms with Crippen molar-refractivity contribution in [1.29, 1.82) is 0 Å². The van der Waals surface area contributed by atoms with E-state index < -0.39 is 30.0 Å². The van der Waals surface area contributed by atoms with Crippen LogP contribution in [0.5, 0.6) is 0 Å². The minimum atomic E-state index is -5.00. The van der Waals surface area contributed by atoms with Crippen LogP contribution in [0.25, 0.3) is 32.9 Å². The number of aromatic nitrogens is 1. The van der Waals surface area contributed by atoms with Gasteiger partial charge in [-0.1, -0.05) is 30.3 Å². The number of hydrogen-bond donors (Lipinski definition) is 0. The minimum Gasteiger partial charge on any atom is -0.744 e. The fraction of sp³-hybridized carbons (Fsp3) is 0.0526. The van der Waals surface area contributed by atoms with Gasteiger partial charge in [0.2, 0.25) is 0 Å². The van der Waals surface area contributed by atoms with E-state index in [9.17, 15) is 25.9 Å². The molecule has 0 unspecified atom stereocenters. The van der Waals surface area contributed by atoms with Gasteiger partial charge in [-0.15, -0.1) is 0 Å². The molecule has 30 heavy (non-hydrogen) atoms. The first kappa shape index (κ1) is 25.5. The molecule has 0 atom stereocenters. The van der Waals surface area contributed by atoms with E-state index in [1.54, 1.807) is 13.1 Å². The van der Waals surface area contributed by atoms with E-state index in [0.717, 1.165) is 17.3 Å². The van der Waals surface area contributed by atoms with Crippen LogP contribution >= 0.6 is 0 Å². The van der Waals surface area contributed by atoms with Crippen molar-refractivity contribution in [2.75, 3.05) is 0 Å². The van der Waals surface area contributed by atoms with Crippen LogP contribution in [0.4, 0.5) is 0 Å². The third-order valence-corrected chi connectivity index (χ3v) is 6.37. The molecule has 11 heteroatoms. The Balaban J connectivity index is 0.00000160. The first-order valence-corrected chi connectivity index (χ1v) is 10.9. The average Bonchev–Trinajstić information content (AvgIpc) is 2.94. The second-order valence-electron chi connectivity index (χ2n) is 6.42. The normalized spacial score (nSPS) is 11.8. The molecule has 0 amide bonds. The summed E-state index contributed by atoms with van der Waals surface area (Å²) >= 11 is 0. The van der Waals surface area contributed by atoms with Gasteiger partial charge in [0.25, 0.3) is 0 Å². The molecular formula is C19H13NNa2O6S2. The van der Waals surface area contributed by atoms with Crippen LogP contribution in [0.1, 0.15) is 0 Å². The molecule has 0 N–H and O–H groups in total. The molecule has 0 saturated heterocycles. The number of benzene rings is 3. The molecular weight excluding hydrogens is 448 g/mol. The summed E-state index contributed by atoms with van der Waals surface area (Å²) in [6.45, 7) is 0. The van der Waals surface area contributed by atoms with Crippen molar-refractivity contribution in [3.63, 3.8) is 0 Å². The van der Waals surface area contributed by atoms with Crippen molar-refractivity contribution in [2.45, 2.75) is 9.79 Å². The predicted molar refractivity (Wildman–Crippen MR) is 102 cm³/mol. The molecule has 7 nitrogen and oxygen atoms in total. The van der Waals surface area contributed by atoms with Gasteiger partial charge < -0.3 is 13.7 Å². The first-order chi connectivity index (χ1) is 13.1. The van der Waals surface area contributed by atoms with Crippen molar-refractivity contribution in [3.8, 4) is 11.3 Å². The first-order valence-electron chi connectivity index (χ1n) is 8.10. The molecule has 0 radical (unpaired) electrons. The average molecular weight is 461 g/mol. The molecule has 0 aliphatic carbocycles. The summed E-state index contributed by atoms with van der Waals surface area (Å²) < 4.78 is 71.2. The number of nitrogens with zero attached hydrogens (tertiary/aromatic N) is 1. The summed E-state index contributed by atoms with van der Waals surface area (Å²) in [7, 11) is -8.13. The van der Waals surface area contributed by atoms with E-state index in [4.69, 9.17) is 0 Å². The van der Waals surface area contributed by atoms with Crippen LogP contribution in [0, 0.1) is 0 Å². The van der Waals surface area contributed by atoms with Crippen LogP contribution in [0.15, 0.2) is 70.5 Å². The third kappa shape index (κ3) is 4.71. The Hall–Kier alpha value is -0.720. The number of hydrogen-bond acceptors (Lipinski definition) is 6. The number of aryl methyl sites for hydroxylation is 1. The largest absolute Gasteiger partial charge is 1.00 e. The van der Waals surface area contributed by atoms with E-state index in [2.05, 4.69) is 0 Å². The van der Waals surface area contributed by atoms with Crippen molar-refractivity contribution in [2.24, 2.45) is 7.05 Å². The van der Waals surface area contributed by atoms with Crippen LogP contribution in [-0.4, -0.2) is 30.5 Å². The van der Waals surface area contributed by atoms with Crippen molar-refractivity contribution >= 4 is 41.9 Å². The SMILES string of the molecule is Cn1c(-c2ccccc2)cc2cc3cc(S(=O)(=O)[O-])cc(S(=O)(=O)[O-])c3cc21.[Na+].[Na+]. The summed E-state index contributed by atoms with van der Waals surface area (Å²) in [6, 6.07) is 16.2. The number of rotatable bonds is 3. The van der Waals surface area contributed by atoms with Gasteiger partial charge in [0.15, 0.2) is 0 Å². The van der Waals surface area contributed by atoms with Crippen molar-refractivity contribution < 1.29 is 85.1 Å². The van der Waals surface area contributed by atoms with Gasteiger partial charge in [0, 0.05) is 29.0 Å². The van der Waals surface area contributed by atoms with E-state index in [-0.39, 0.29) is 69.9 Å². The van der Waals surface area contributed by atoms with Gasteiger partial charge in [-0.3, -0.25) is 0 Å². The van der Waals surface area contributed by atoms with Crippen LogP contribution in [-0.2, 0) is 27.3 Å². The summed E-state index contributed by atoms with van der Waals surface area (Å²) in [6.07, 6.45) is 0. The monoisotopic (exact) mass is 461 g/mol. The molecule has 0 aliphatic heterocycles. The number of fused-ring (bicyclic) bond motifs is 2. The molecule has 0 fully saturated rings. The Morgan fingerprint density at radius 3 is 1.97 bits per heavy atom. The van der Waals surface area contributed by atoms with Gasteiger partial charge in [0.05, 0.1) is 9.79 Å². The summed E-state index contributed by atoms with van der Waals surface area (Å²) in [4.78, 5) is -1.49. The molecule has 3 aromatic carbocycles.